The van der Waals surface area contributed by atoms with Crippen LogP contribution in [-0.4, -0.2) is 21.1 Å². The van der Waals surface area contributed by atoms with Crippen LogP contribution in [0.25, 0.3) is 21.7 Å². The average molecular weight is 292 g/mol. The lowest BCUT2D eigenvalue weighted by atomic mass is 10.2. The molecule has 0 saturated carbocycles. The number of nitrogens with zero attached hydrogens (tertiary/aromatic N) is 2. The molecule has 1 amide bonds. The summed E-state index contributed by atoms with van der Waals surface area (Å²) >= 11 is 6.23. The van der Waals surface area contributed by atoms with Gasteiger partial charge < -0.3 is 9.73 Å². The SMILES string of the molecule is CC(=O)Nc1nc2ccc(-c3n[nH]c(=S)o3)cc2s1. The maximum absolute atomic E-state index is 11.0. The molecule has 2 N–H and O–H groups in total. The summed E-state index contributed by atoms with van der Waals surface area (Å²) in [4.78, 5) is 15.5. The van der Waals surface area contributed by atoms with Crippen LogP contribution in [0.4, 0.5) is 5.13 Å². The van der Waals surface area contributed by atoms with E-state index in [9.17, 15) is 4.79 Å². The van der Waals surface area contributed by atoms with Crippen molar-refractivity contribution in [2.24, 2.45) is 0 Å². The van der Waals surface area contributed by atoms with Crippen LogP contribution in [0.2, 0.25) is 0 Å². The molecule has 0 aliphatic heterocycles. The summed E-state index contributed by atoms with van der Waals surface area (Å²) in [7, 11) is 0. The van der Waals surface area contributed by atoms with Gasteiger partial charge in [-0.15, -0.1) is 5.10 Å². The van der Waals surface area contributed by atoms with Crippen molar-refractivity contribution in [3.63, 3.8) is 0 Å². The summed E-state index contributed by atoms with van der Waals surface area (Å²) in [5.41, 5.74) is 1.62. The Labute approximate surface area is 116 Å². The third kappa shape index (κ3) is 2.40. The highest BCUT2D eigenvalue weighted by molar-refractivity contribution is 7.71. The van der Waals surface area contributed by atoms with E-state index >= 15 is 0 Å². The highest BCUT2D eigenvalue weighted by Gasteiger charge is 2.09. The predicted octanol–water partition coefficient (Wildman–Crippen LogP) is 2.97. The molecule has 3 rings (SSSR count). The second kappa shape index (κ2) is 4.56. The predicted molar refractivity (Wildman–Crippen MR) is 74.6 cm³/mol. The third-order valence-electron chi connectivity index (χ3n) is 2.36. The Kier molecular flexibility index (Phi) is 2.88. The fraction of sp³-hybridized carbons (Fsp3) is 0.0909. The number of aromatic nitrogens is 3. The van der Waals surface area contributed by atoms with Crippen LogP contribution in [0.3, 0.4) is 0 Å². The lowest BCUT2D eigenvalue weighted by molar-refractivity contribution is -0.114. The van der Waals surface area contributed by atoms with E-state index in [1.165, 1.54) is 18.3 Å². The number of fused-ring (bicyclic) bond motifs is 1. The minimum Gasteiger partial charge on any atom is -0.409 e. The Morgan fingerprint density at radius 2 is 2.37 bits per heavy atom. The Hall–Kier alpha value is -2.06. The number of H-pyrrole nitrogens is 1. The molecule has 8 heteroatoms. The summed E-state index contributed by atoms with van der Waals surface area (Å²) in [5.74, 6) is 0.290. The van der Waals surface area contributed by atoms with Gasteiger partial charge in [0.2, 0.25) is 11.8 Å². The van der Waals surface area contributed by atoms with Crippen molar-refractivity contribution in [2.75, 3.05) is 5.32 Å². The maximum Gasteiger partial charge on any atom is 0.284 e. The molecule has 0 fully saturated rings. The van der Waals surface area contributed by atoms with Gasteiger partial charge in [0, 0.05) is 12.5 Å². The molecule has 2 aromatic heterocycles. The molecule has 96 valence electrons. The van der Waals surface area contributed by atoms with Gasteiger partial charge in [0.1, 0.15) is 0 Å². The number of carbonyl (C=O) groups excluding carboxylic acids is 1. The van der Waals surface area contributed by atoms with Crippen molar-refractivity contribution in [3.05, 3.63) is 23.0 Å². The molecule has 0 radical (unpaired) electrons. The lowest BCUT2D eigenvalue weighted by Gasteiger charge is -1.93. The van der Waals surface area contributed by atoms with E-state index in [4.69, 9.17) is 16.6 Å². The largest absolute Gasteiger partial charge is 0.409 e. The first-order valence-corrected chi connectivity index (χ1v) is 6.58. The Morgan fingerprint density at radius 3 is 3.05 bits per heavy atom. The molecule has 0 unspecified atom stereocenters. The molecular weight excluding hydrogens is 284 g/mol. The van der Waals surface area contributed by atoms with E-state index in [1.54, 1.807) is 0 Å². The first-order chi connectivity index (χ1) is 9.11. The number of thiazole rings is 1. The summed E-state index contributed by atoms with van der Waals surface area (Å²) in [5, 5.41) is 9.78. The van der Waals surface area contributed by atoms with E-state index in [1.807, 2.05) is 18.2 Å². The van der Waals surface area contributed by atoms with Gasteiger partial charge in [-0.05, 0) is 30.4 Å². The van der Waals surface area contributed by atoms with Crippen molar-refractivity contribution in [1.29, 1.82) is 0 Å². The van der Waals surface area contributed by atoms with Crippen LogP contribution >= 0.6 is 23.6 Å². The Bertz CT molecular complexity index is 817. The third-order valence-corrected chi connectivity index (χ3v) is 3.46. The standard InChI is InChI=1S/C11H8N4O2S2/c1-5(16)12-10-13-7-3-2-6(4-8(7)19-10)9-14-15-11(18)17-9/h2-4H,1H3,(H,15,18)(H,12,13,16). The van der Waals surface area contributed by atoms with Gasteiger partial charge >= 0.3 is 0 Å². The number of hydrogen-bond acceptors (Lipinski definition) is 6. The van der Waals surface area contributed by atoms with Crippen LogP contribution in [-0.2, 0) is 4.79 Å². The zero-order chi connectivity index (χ0) is 13.4. The van der Waals surface area contributed by atoms with Crippen molar-refractivity contribution in [2.45, 2.75) is 6.92 Å². The van der Waals surface area contributed by atoms with Crippen LogP contribution in [0.15, 0.2) is 22.6 Å². The molecule has 19 heavy (non-hydrogen) atoms. The maximum atomic E-state index is 11.0. The number of aromatic amines is 1. The Balaban J connectivity index is 2.05. The summed E-state index contributed by atoms with van der Waals surface area (Å²) in [6.07, 6.45) is 0. The topological polar surface area (TPSA) is 83.8 Å². The zero-order valence-electron chi connectivity index (χ0n) is 9.76. The molecular formula is C11H8N4O2S2. The summed E-state index contributed by atoms with van der Waals surface area (Å²) < 4.78 is 6.19. The number of benzene rings is 1. The molecule has 0 atom stereocenters. The van der Waals surface area contributed by atoms with E-state index in [2.05, 4.69) is 20.5 Å². The van der Waals surface area contributed by atoms with E-state index in [0.29, 0.717) is 11.0 Å². The molecule has 6 nitrogen and oxygen atoms in total. The number of carbonyl (C=O) groups is 1. The number of anilines is 1. The van der Waals surface area contributed by atoms with Gasteiger partial charge in [0.05, 0.1) is 10.2 Å². The van der Waals surface area contributed by atoms with E-state index in [0.717, 1.165) is 15.8 Å². The summed E-state index contributed by atoms with van der Waals surface area (Å²) in [6, 6.07) is 5.58. The second-order valence-electron chi connectivity index (χ2n) is 3.80. The molecule has 1 aromatic carbocycles. The van der Waals surface area contributed by atoms with E-state index in [-0.39, 0.29) is 10.7 Å². The smallest absolute Gasteiger partial charge is 0.284 e. The number of rotatable bonds is 2. The first-order valence-electron chi connectivity index (χ1n) is 5.36. The molecule has 0 spiro atoms. The minimum atomic E-state index is -0.141. The normalized spacial score (nSPS) is 10.8. The first kappa shape index (κ1) is 12.0. The number of hydrogen-bond donors (Lipinski definition) is 2. The van der Waals surface area contributed by atoms with Crippen LogP contribution in [0.1, 0.15) is 6.92 Å². The monoisotopic (exact) mass is 292 g/mol. The van der Waals surface area contributed by atoms with Gasteiger partial charge in [-0.25, -0.2) is 10.1 Å². The average Bonchev–Trinajstić information content (AvgIpc) is 2.92. The fourth-order valence-corrected chi connectivity index (χ4v) is 2.69. The van der Waals surface area contributed by atoms with Crippen LogP contribution < -0.4 is 5.32 Å². The van der Waals surface area contributed by atoms with Crippen molar-refractivity contribution >= 4 is 44.8 Å². The second-order valence-corrected chi connectivity index (χ2v) is 5.20. The highest BCUT2D eigenvalue weighted by atomic mass is 32.1. The summed E-state index contributed by atoms with van der Waals surface area (Å²) in [6.45, 7) is 1.45. The fourth-order valence-electron chi connectivity index (χ4n) is 1.62. The lowest BCUT2D eigenvalue weighted by Crippen LogP contribution is -2.04. The highest BCUT2D eigenvalue weighted by Crippen LogP contribution is 2.29. The molecule has 3 aromatic rings. The van der Waals surface area contributed by atoms with Gasteiger partial charge in [-0.2, -0.15) is 0 Å². The van der Waals surface area contributed by atoms with Gasteiger partial charge in [-0.3, -0.25) is 4.79 Å². The van der Waals surface area contributed by atoms with Crippen molar-refractivity contribution in [1.82, 2.24) is 15.2 Å². The van der Waals surface area contributed by atoms with Crippen molar-refractivity contribution in [3.8, 4) is 11.5 Å². The van der Waals surface area contributed by atoms with Crippen LogP contribution in [0.5, 0.6) is 0 Å². The quantitative estimate of drug-likeness (QED) is 0.709. The van der Waals surface area contributed by atoms with Gasteiger partial charge in [0.25, 0.3) is 4.84 Å². The molecule has 2 heterocycles. The van der Waals surface area contributed by atoms with Gasteiger partial charge in [0.15, 0.2) is 5.13 Å². The molecule has 0 bridgehead atoms. The zero-order valence-corrected chi connectivity index (χ0v) is 11.4. The molecule has 0 aliphatic carbocycles. The van der Waals surface area contributed by atoms with Gasteiger partial charge in [-0.1, -0.05) is 11.3 Å². The van der Waals surface area contributed by atoms with Crippen LogP contribution in [0, 0.1) is 4.84 Å². The molecule has 0 saturated heterocycles. The number of amides is 1. The Morgan fingerprint density at radius 1 is 1.53 bits per heavy atom. The number of nitrogens with one attached hydrogen (secondary N) is 2. The minimum absolute atomic E-state index is 0.141. The molecule has 0 aliphatic rings. The van der Waals surface area contributed by atoms with E-state index < -0.39 is 0 Å². The van der Waals surface area contributed by atoms with Crippen molar-refractivity contribution < 1.29 is 9.21 Å².